The van der Waals surface area contributed by atoms with Gasteiger partial charge in [-0.15, -0.1) is 0 Å². The van der Waals surface area contributed by atoms with Gasteiger partial charge in [0, 0.05) is 0 Å². The number of hydrogen-bond donors (Lipinski definition) is 8. The van der Waals surface area contributed by atoms with Gasteiger partial charge in [0.25, 0.3) is 0 Å². The Kier molecular flexibility index (Phi) is 58.8. The Morgan fingerprint density at radius 1 is 0.410 bits per heavy atom. The molecule has 0 bridgehead atoms. The van der Waals surface area contributed by atoms with E-state index in [2.05, 4.69) is 31.3 Å². The van der Waals surface area contributed by atoms with E-state index in [1.165, 1.54) is 302 Å². The topological polar surface area (TPSA) is 189 Å². The molecule has 8 N–H and O–H groups in total. The molecular weight excluding hydrogens is 1040 g/mol. The zero-order valence-corrected chi connectivity index (χ0v) is 54.7. The first kappa shape index (κ1) is 79.9. The first-order valence-electron chi connectivity index (χ1n) is 36.6. The molecule has 11 nitrogen and oxygen atoms in total. The predicted molar refractivity (Wildman–Crippen MR) is 349 cm³/mol. The zero-order valence-electron chi connectivity index (χ0n) is 54.7. The molecule has 1 fully saturated rings. The Morgan fingerprint density at radius 2 is 0.711 bits per heavy atom. The quantitative estimate of drug-likeness (QED) is 0.0215. The minimum atomic E-state index is -1.67. The zero-order chi connectivity index (χ0) is 60.3. The Hall–Kier alpha value is -1.15. The average molecular weight is 1180 g/mol. The molecule has 0 aromatic carbocycles. The van der Waals surface area contributed by atoms with E-state index in [0.717, 1.165) is 32.1 Å². The van der Waals surface area contributed by atoms with Gasteiger partial charge in [0.05, 0.1) is 25.4 Å². The number of carbonyl (C=O) groups excluding carboxylic acids is 1. The van der Waals surface area contributed by atoms with Gasteiger partial charge in [-0.05, 0) is 38.5 Å². The van der Waals surface area contributed by atoms with E-state index in [1.807, 2.05) is 0 Å². The van der Waals surface area contributed by atoms with Gasteiger partial charge < -0.3 is 50.5 Å². The van der Waals surface area contributed by atoms with Gasteiger partial charge in [-0.25, -0.2) is 0 Å². The fourth-order valence-corrected chi connectivity index (χ4v) is 12.2. The van der Waals surface area contributed by atoms with E-state index in [0.29, 0.717) is 12.8 Å². The van der Waals surface area contributed by atoms with Crippen LogP contribution in [0.25, 0.3) is 0 Å². The first-order valence-corrected chi connectivity index (χ1v) is 36.6. The van der Waals surface area contributed by atoms with Gasteiger partial charge in [0.15, 0.2) is 6.29 Å². The fourth-order valence-electron chi connectivity index (χ4n) is 12.2. The number of unbranched alkanes of at least 4 members (excludes halogenated alkanes) is 51. The highest BCUT2D eigenvalue weighted by Gasteiger charge is 2.44. The molecule has 1 saturated heterocycles. The molecule has 1 amide bonds. The number of hydrogen-bond acceptors (Lipinski definition) is 10. The summed E-state index contributed by atoms with van der Waals surface area (Å²) in [4.78, 5) is 13.3. The molecule has 83 heavy (non-hydrogen) atoms. The maximum atomic E-state index is 13.3. The highest BCUT2D eigenvalue weighted by molar-refractivity contribution is 5.80. The van der Waals surface area contributed by atoms with Crippen molar-refractivity contribution in [2.75, 3.05) is 13.2 Å². The normalized spacial score (nSPS) is 19.0. The fraction of sp³-hybridized carbons (Fsp3) is 0.958. The van der Waals surface area contributed by atoms with Crippen LogP contribution in [0.5, 0.6) is 0 Å². The SMILES string of the molecule is CCCCCCCCCCCCCCCCCCCCCCCCCCCC/C=C/CCCC(O)C(O)C(COC1OC(CO)C(O)C(O)C1O)NC(=O)C(O)CCCCCCCCCCCCCCCCCCCCCCCCCCC. The third-order valence-corrected chi connectivity index (χ3v) is 18.1. The number of ether oxygens (including phenoxy) is 2. The van der Waals surface area contributed by atoms with Gasteiger partial charge >= 0.3 is 0 Å². The van der Waals surface area contributed by atoms with Crippen LogP contribution in [0.2, 0.25) is 0 Å². The predicted octanol–water partition coefficient (Wildman–Crippen LogP) is 17.8. The number of aliphatic hydroxyl groups is 7. The third-order valence-electron chi connectivity index (χ3n) is 18.1. The van der Waals surface area contributed by atoms with Crippen LogP contribution >= 0.6 is 0 Å². The molecule has 1 aliphatic heterocycles. The van der Waals surface area contributed by atoms with Crippen molar-refractivity contribution < 1.29 is 50.0 Å². The summed E-state index contributed by atoms with van der Waals surface area (Å²) in [5.41, 5.74) is 0. The molecular formula is C72H141NO10. The van der Waals surface area contributed by atoms with Crippen LogP contribution in [-0.2, 0) is 14.3 Å². The molecule has 9 unspecified atom stereocenters. The van der Waals surface area contributed by atoms with Crippen LogP contribution in [0.3, 0.4) is 0 Å². The van der Waals surface area contributed by atoms with Gasteiger partial charge in [0.1, 0.15) is 36.6 Å². The molecule has 0 radical (unpaired) electrons. The largest absolute Gasteiger partial charge is 0.394 e. The Bertz CT molecular complexity index is 1350. The van der Waals surface area contributed by atoms with Gasteiger partial charge in [-0.2, -0.15) is 0 Å². The number of rotatable bonds is 65. The Morgan fingerprint density at radius 3 is 1.04 bits per heavy atom. The maximum Gasteiger partial charge on any atom is 0.249 e. The summed E-state index contributed by atoms with van der Waals surface area (Å²) in [6, 6.07) is -1.18. The molecule has 1 aliphatic rings. The standard InChI is InChI=1S/C72H141NO10/c1-3-5-7-9-11-13-15-17-19-21-23-25-27-29-30-31-32-33-34-36-37-39-41-43-45-47-49-51-53-55-57-59-64(75)67(77)63(62-82-72-70(80)69(79)68(78)66(61-74)83-72)73-71(81)65(76)60-58-56-54-52-50-48-46-44-42-40-38-35-28-26-24-22-20-18-16-14-12-10-8-6-4-2/h51,53,63-70,72,74-80H,3-50,52,54-62H2,1-2H3,(H,73,81)/b53-51+. The van der Waals surface area contributed by atoms with Crippen molar-refractivity contribution in [1.29, 1.82) is 0 Å². The van der Waals surface area contributed by atoms with Crippen LogP contribution in [0.4, 0.5) is 0 Å². The second kappa shape index (κ2) is 61.1. The summed E-state index contributed by atoms with van der Waals surface area (Å²) in [6.45, 7) is 3.51. The van der Waals surface area contributed by atoms with Crippen LogP contribution in [0.15, 0.2) is 12.2 Å². The maximum absolute atomic E-state index is 13.3. The van der Waals surface area contributed by atoms with Gasteiger partial charge in [0.2, 0.25) is 5.91 Å². The van der Waals surface area contributed by atoms with Crippen molar-refractivity contribution in [3.8, 4) is 0 Å². The number of nitrogens with one attached hydrogen (secondary N) is 1. The second-order valence-electron chi connectivity index (χ2n) is 26.0. The number of aliphatic hydroxyl groups excluding tert-OH is 7. The Balaban J connectivity index is 2.18. The van der Waals surface area contributed by atoms with Crippen molar-refractivity contribution >= 4 is 5.91 Å². The van der Waals surface area contributed by atoms with Crippen molar-refractivity contribution in [2.45, 2.75) is 428 Å². The van der Waals surface area contributed by atoms with Gasteiger partial charge in [-0.1, -0.05) is 347 Å². The summed E-state index contributed by atoms with van der Waals surface area (Å²) < 4.78 is 11.2. The average Bonchev–Trinajstić information content (AvgIpc) is 3.68. The minimum Gasteiger partial charge on any atom is -0.394 e. The van der Waals surface area contributed by atoms with Crippen LogP contribution < -0.4 is 5.32 Å². The monoisotopic (exact) mass is 1180 g/mol. The lowest BCUT2D eigenvalue weighted by atomic mass is 9.98. The van der Waals surface area contributed by atoms with E-state index in [9.17, 15) is 40.5 Å². The second-order valence-corrected chi connectivity index (χ2v) is 26.0. The van der Waals surface area contributed by atoms with E-state index in [1.54, 1.807) is 0 Å². The Labute approximate surface area is 512 Å². The van der Waals surface area contributed by atoms with Gasteiger partial charge in [-0.3, -0.25) is 4.79 Å². The van der Waals surface area contributed by atoms with E-state index in [4.69, 9.17) is 9.47 Å². The highest BCUT2D eigenvalue weighted by Crippen LogP contribution is 2.24. The minimum absolute atomic E-state index is 0.260. The molecule has 1 heterocycles. The van der Waals surface area contributed by atoms with Crippen molar-refractivity contribution in [2.24, 2.45) is 0 Å². The van der Waals surface area contributed by atoms with E-state index >= 15 is 0 Å². The van der Waals surface area contributed by atoms with Crippen molar-refractivity contribution in [3.63, 3.8) is 0 Å². The molecule has 0 aromatic heterocycles. The lowest BCUT2D eigenvalue weighted by molar-refractivity contribution is -0.303. The molecule has 0 aliphatic carbocycles. The summed E-state index contributed by atoms with van der Waals surface area (Å²) in [5.74, 6) is -0.697. The van der Waals surface area contributed by atoms with E-state index in [-0.39, 0.29) is 12.8 Å². The summed E-state index contributed by atoms with van der Waals surface area (Å²) in [6.07, 6.45) is 64.5. The molecule has 0 saturated carbocycles. The molecule has 11 heteroatoms. The van der Waals surface area contributed by atoms with Crippen molar-refractivity contribution in [1.82, 2.24) is 5.32 Å². The third kappa shape index (κ3) is 48.5. The summed E-state index contributed by atoms with van der Waals surface area (Å²) >= 11 is 0. The molecule has 1 rings (SSSR count). The smallest absolute Gasteiger partial charge is 0.249 e. The molecule has 0 spiro atoms. The van der Waals surface area contributed by atoms with E-state index < -0.39 is 74.2 Å². The number of amides is 1. The lowest BCUT2D eigenvalue weighted by Crippen LogP contribution is -2.60. The highest BCUT2D eigenvalue weighted by atomic mass is 16.7. The summed E-state index contributed by atoms with van der Waals surface area (Å²) in [5, 5.41) is 76.5. The van der Waals surface area contributed by atoms with Crippen LogP contribution in [-0.4, -0.2) is 110 Å². The number of allylic oxidation sites excluding steroid dienone is 2. The van der Waals surface area contributed by atoms with Crippen molar-refractivity contribution in [3.05, 3.63) is 12.2 Å². The molecule has 0 aromatic rings. The number of carbonyl (C=O) groups is 1. The lowest BCUT2D eigenvalue weighted by Gasteiger charge is -2.40. The van der Waals surface area contributed by atoms with Crippen LogP contribution in [0.1, 0.15) is 373 Å². The summed E-state index contributed by atoms with van der Waals surface area (Å²) in [7, 11) is 0. The molecule has 494 valence electrons. The van der Waals surface area contributed by atoms with Crippen LogP contribution in [0, 0.1) is 0 Å². The molecule has 9 atom stereocenters. The first-order chi connectivity index (χ1) is 40.7.